The molecule has 1 atom stereocenters. The summed E-state index contributed by atoms with van der Waals surface area (Å²) in [5, 5.41) is 3.59. The smallest absolute Gasteiger partial charge is 0.281 e. The van der Waals surface area contributed by atoms with Crippen molar-refractivity contribution in [2.75, 3.05) is 0 Å². The average Bonchev–Trinajstić information content (AvgIpc) is 3.18. The Balaban J connectivity index is 1.36. The van der Waals surface area contributed by atoms with E-state index in [1.807, 2.05) is 68.5 Å². The fourth-order valence-corrected chi connectivity index (χ4v) is 4.97. The fraction of sp³-hybridized carbons (Fsp3) is 0.233. The van der Waals surface area contributed by atoms with Crippen molar-refractivity contribution < 1.29 is 4.74 Å². The van der Waals surface area contributed by atoms with E-state index in [0.717, 1.165) is 41.4 Å². The summed E-state index contributed by atoms with van der Waals surface area (Å²) in [6.45, 7) is 7.34. The van der Waals surface area contributed by atoms with E-state index in [0.29, 0.717) is 12.2 Å². The van der Waals surface area contributed by atoms with Crippen LogP contribution in [0.5, 0.6) is 0 Å². The van der Waals surface area contributed by atoms with Crippen LogP contribution in [0.15, 0.2) is 100 Å². The van der Waals surface area contributed by atoms with E-state index in [4.69, 9.17) is 4.74 Å². The second-order valence-corrected chi connectivity index (χ2v) is 9.05. The van der Waals surface area contributed by atoms with Gasteiger partial charge in [-0.1, -0.05) is 60.7 Å². The summed E-state index contributed by atoms with van der Waals surface area (Å²) < 4.78 is 8.25. The molecule has 0 fully saturated rings. The molecule has 0 bridgehead atoms. The summed E-state index contributed by atoms with van der Waals surface area (Å²) in [6, 6.07) is 20.2. The molecular formula is C30H30N3O2. The molecule has 3 aromatic rings. The number of aryl methyl sites for hydroxylation is 1. The minimum Gasteiger partial charge on any atom is -0.489 e. The van der Waals surface area contributed by atoms with E-state index < -0.39 is 0 Å². The van der Waals surface area contributed by atoms with Gasteiger partial charge in [0.25, 0.3) is 5.56 Å². The quantitative estimate of drug-likeness (QED) is 0.508. The van der Waals surface area contributed by atoms with Crippen LogP contribution in [0.3, 0.4) is 0 Å². The minimum atomic E-state index is -0.171. The first-order chi connectivity index (χ1) is 17.0. The fourth-order valence-electron chi connectivity index (χ4n) is 4.97. The van der Waals surface area contributed by atoms with Gasteiger partial charge in [0.15, 0.2) is 0 Å². The number of aromatic nitrogens is 2. The Labute approximate surface area is 206 Å². The predicted molar refractivity (Wildman–Crippen MR) is 139 cm³/mol. The van der Waals surface area contributed by atoms with Crippen molar-refractivity contribution in [1.82, 2.24) is 14.9 Å². The molecule has 2 aromatic carbocycles. The molecule has 0 spiro atoms. The Morgan fingerprint density at radius 1 is 1.00 bits per heavy atom. The Bertz CT molecular complexity index is 1380. The number of nitrogens with zero attached hydrogens (tertiary/aromatic N) is 2. The van der Waals surface area contributed by atoms with Crippen molar-refractivity contribution in [3.8, 4) is 11.1 Å². The van der Waals surface area contributed by atoms with E-state index >= 15 is 0 Å². The molecule has 5 nitrogen and oxygen atoms in total. The standard InChI is InChI=1S/C30H30N3O2/c1-20-26(27-18-25(14-15-28(27)31-20)35-19-23-10-6-4-7-11-23)16-17-33-21(2)29(30(34)32-22(33)3)24-12-8-5-9-13-24/h4-15,18,28,31H,16-17,19H2,1-3H3. The van der Waals surface area contributed by atoms with Crippen molar-refractivity contribution >= 4 is 0 Å². The van der Waals surface area contributed by atoms with E-state index in [2.05, 4.69) is 46.4 Å². The Kier molecular flexibility index (Phi) is 6.41. The molecule has 5 rings (SSSR count). The largest absolute Gasteiger partial charge is 0.489 e. The van der Waals surface area contributed by atoms with Crippen molar-refractivity contribution in [1.29, 1.82) is 0 Å². The van der Waals surface area contributed by atoms with Gasteiger partial charge in [0.05, 0.1) is 11.6 Å². The highest BCUT2D eigenvalue weighted by molar-refractivity contribution is 5.64. The van der Waals surface area contributed by atoms with Gasteiger partial charge >= 0.3 is 0 Å². The van der Waals surface area contributed by atoms with Crippen LogP contribution in [0, 0.1) is 20.3 Å². The molecule has 1 aliphatic heterocycles. The lowest BCUT2D eigenvalue weighted by Gasteiger charge is -2.21. The van der Waals surface area contributed by atoms with Gasteiger partial charge in [0, 0.05) is 24.4 Å². The second-order valence-electron chi connectivity index (χ2n) is 9.05. The van der Waals surface area contributed by atoms with E-state index in [-0.39, 0.29) is 11.6 Å². The molecule has 0 amide bonds. The third kappa shape index (κ3) is 4.72. The zero-order chi connectivity index (χ0) is 24.4. The Morgan fingerprint density at radius 3 is 2.46 bits per heavy atom. The molecule has 177 valence electrons. The van der Waals surface area contributed by atoms with Crippen LogP contribution in [0.25, 0.3) is 11.1 Å². The topological polar surface area (TPSA) is 56.2 Å². The van der Waals surface area contributed by atoms with Crippen LogP contribution in [0.1, 0.15) is 30.4 Å². The van der Waals surface area contributed by atoms with Gasteiger partial charge in [-0.25, -0.2) is 0 Å². The lowest BCUT2D eigenvalue weighted by atomic mass is 9.93. The molecule has 1 aliphatic carbocycles. The van der Waals surface area contributed by atoms with Gasteiger partial charge in [0.1, 0.15) is 18.2 Å². The summed E-state index contributed by atoms with van der Waals surface area (Å²) in [7, 11) is 0. The molecule has 35 heavy (non-hydrogen) atoms. The molecule has 1 radical (unpaired) electrons. The first-order valence-electron chi connectivity index (χ1n) is 12.0. The van der Waals surface area contributed by atoms with Crippen molar-refractivity contribution in [2.24, 2.45) is 0 Å². The zero-order valence-corrected chi connectivity index (χ0v) is 20.4. The number of rotatable bonds is 7. The number of benzene rings is 2. The van der Waals surface area contributed by atoms with E-state index in [1.54, 1.807) is 0 Å². The lowest BCUT2D eigenvalue weighted by Crippen LogP contribution is -2.25. The predicted octanol–water partition coefficient (Wildman–Crippen LogP) is 5.41. The summed E-state index contributed by atoms with van der Waals surface area (Å²) >= 11 is 0. The third-order valence-corrected chi connectivity index (χ3v) is 6.79. The Morgan fingerprint density at radius 2 is 1.71 bits per heavy atom. The summed E-state index contributed by atoms with van der Waals surface area (Å²) in [5.41, 5.74) is 7.23. The van der Waals surface area contributed by atoms with Crippen LogP contribution >= 0.6 is 0 Å². The van der Waals surface area contributed by atoms with Gasteiger partial charge in [-0.2, -0.15) is 4.98 Å². The normalized spacial score (nSPS) is 16.9. The number of nitrogens with one attached hydrogen (secondary N) is 1. The third-order valence-electron chi connectivity index (χ3n) is 6.79. The van der Waals surface area contributed by atoms with Crippen molar-refractivity contribution in [3.63, 3.8) is 0 Å². The monoisotopic (exact) mass is 464 g/mol. The molecule has 1 unspecified atom stereocenters. The van der Waals surface area contributed by atoms with Gasteiger partial charge < -0.3 is 14.6 Å². The first-order valence-corrected chi connectivity index (χ1v) is 12.0. The van der Waals surface area contributed by atoms with Crippen molar-refractivity contribution in [3.05, 3.63) is 129 Å². The van der Waals surface area contributed by atoms with Crippen LogP contribution in [-0.2, 0) is 17.9 Å². The molecule has 2 aliphatic rings. The zero-order valence-electron chi connectivity index (χ0n) is 20.4. The number of fused-ring (bicyclic) bond motifs is 1. The molecule has 0 saturated carbocycles. The average molecular weight is 465 g/mol. The summed E-state index contributed by atoms with van der Waals surface area (Å²) in [5.74, 6) is 1.61. The summed E-state index contributed by atoms with van der Waals surface area (Å²) in [4.78, 5) is 17.1. The maximum absolute atomic E-state index is 12.7. The maximum atomic E-state index is 12.7. The van der Waals surface area contributed by atoms with E-state index in [1.165, 1.54) is 16.8 Å². The van der Waals surface area contributed by atoms with Gasteiger partial charge in [-0.15, -0.1) is 0 Å². The van der Waals surface area contributed by atoms with Crippen molar-refractivity contribution in [2.45, 2.75) is 46.4 Å². The van der Waals surface area contributed by atoms with Crippen LogP contribution in [0.4, 0.5) is 0 Å². The highest BCUT2D eigenvalue weighted by Crippen LogP contribution is 2.34. The molecule has 0 saturated heterocycles. The van der Waals surface area contributed by atoms with Crippen LogP contribution in [-0.4, -0.2) is 15.6 Å². The first kappa shape index (κ1) is 22.9. The number of ether oxygens (including phenoxy) is 1. The SMILES string of the molecule is CC1=C(CCn2c(C)nc(=O)c(-c3ccccc3)c2C)C2=CC(OCc3ccccc3)=C[CH]C2N1. The van der Waals surface area contributed by atoms with Gasteiger partial charge in [0.2, 0.25) is 0 Å². The minimum absolute atomic E-state index is 0.170. The van der Waals surface area contributed by atoms with E-state index in [9.17, 15) is 4.79 Å². The molecular weight excluding hydrogens is 434 g/mol. The van der Waals surface area contributed by atoms with Crippen LogP contribution < -0.4 is 10.9 Å². The van der Waals surface area contributed by atoms with Crippen LogP contribution in [0.2, 0.25) is 0 Å². The number of allylic oxidation sites excluding steroid dienone is 2. The lowest BCUT2D eigenvalue weighted by molar-refractivity contribution is 0.209. The Hall–Kier alpha value is -3.86. The molecule has 1 aromatic heterocycles. The number of hydrogen-bond donors (Lipinski definition) is 1. The highest BCUT2D eigenvalue weighted by Gasteiger charge is 2.29. The summed E-state index contributed by atoms with van der Waals surface area (Å²) in [6.07, 6.45) is 7.20. The second kappa shape index (κ2) is 9.79. The molecule has 2 heterocycles. The maximum Gasteiger partial charge on any atom is 0.281 e. The molecule has 5 heteroatoms. The molecule has 1 N–H and O–H groups in total. The highest BCUT2D eigenvalue weighted by atomic mass is 16.5. The number of hydrogen-bond acceptors (Lipinski definition) is 4. The van der Waals surface area contributed by atoms with Gasteiger partial charge in [-0.05, 0) is 61.6 Å². The van der Waals surface area contributed by atoms with Gasteiger partial charge in [-0.3, -0.25) is 4.79 Å².